The second-order valence-corrected chi connectivity index (χ2v) is 4.69. The first-order chi connectivity index (χ1) is 10.1. The van der Waals surface area contributed by atoms with Gasteiger partial charge in [-0.1, -0.05) is 5.21 Å². The molecule has 0 bridgehead atoms. The summed E-state index contributed by atoms with van der Waals surface area (Å²) < 4.78 is 6.59. The van der Waals surface area contributed by atoms with E-state index >= 15 is 0 Å². The van der Waals surface area contributed by atoms with Crippen molar-refractivity contribution in [1.82, 2.24) is 25.2 Å². The highest BCUT2D eigenvalue weighted by atomic mass is 16.4. The molecule has 110 valence electrons. The van der Waals surface area contributed by atoms with E-state index in [2.05, 4.69) is 15.6 Å². The number of nitrogens with zero attached hydrogens (tertiary/aromatic N) is 4. The lowest BCUT2D eigenvalue weighted by Crippen LogP contribution is -2.54. The average Bonchev–Trinajstić information content (AvgIpc) is 3.06. The molecular weight excluding hydrogens is 278 g/mol. The largest absolute Gasteiger partial charge is 0.476 e. The number of urea groups is 1. The lowest BCUT2D eigenvalue weighted by molar-refractivity contribution is 0.0690. The van der Waals surface area contributed by atoms with Gasteiger partial charge in [-0.15, -0.1) is 5.10 Å². The maximum atomic E-state index is 11.8. The fourth-order valence-electron chi connectivity index (χ4n) is 2.03. The molecule has 0 atom stereocenters. The van der Waals surface area contributed by atoms with E-state index in [9.17, 15) is 9.59 Å². The smallest absolute Gasteiger partial charge is 0.358 e. The van der Waals surface area contributed by atoms with Crippen LogP contribution in [-0.2, 0) is 6.54 Å². The average molecular weight is 291 g/mol. The van der Waals surface area contributed by atoms with E-state index in [1.165, 1.54) is 10.9 Å². The first kappa shape index (κ1) is 13.2. The molecule has 3 heterocycles. The van der Waals surface area contributed by atoms with Crippen molar-refractivity contribution in [3.8, 4) is 0 Å². The van der Waals surface area contributed by atoms with Gasteiger partial charge in [-0.2, -0.15) is 0 Å². The van der Waals surface area contributed by atoms with E-state index in [-0.39, 0.29) is 17.8 Å². The third-order valence-corrected chi connectivity index (χ3v) is 3.25. The molecule has 0 spiro atoms. The van der Waals surface area contributed by atoms with Gasteiger partial charge in [0.05, 0.1) is 25.0 Å². The third-order valence-electron chi connectivity index (χ3n) is 3.25. The number of nitrogens with one attached hydrogen (secondary N) is 1. The van der Waals surface area contributed by atoms with Gasteiger partial charge in [0.1, 0.15) is 5.76 Å². The molecule has 0 unspecified atom stereocenters. The molecule has 2 N–H and O–H groups in total. The lowest BCUT2D eigenvalue weighted by atomic mass is 10.1. The van der Waals surface area contributed by atoms with E-state index in [1.807, 2.05) is 0 Å². The first-order valence-electron chi connectivity index (χ1n) is 6.34. The Morgan fingerprint density at radius 1 is 1.48 bits per heavy atom. The van der Waals surface area contributed by atoms with Crippen LogP contribution in [0.2, 0.25) is 0 Å². The van der Waals surface area contributed by atoms with E-state index in [0.29, 0.717) is 25.4 Å². The predicted octanol–water partition coefficient (Wildman–Crippen LogP) is 0.336. The van der Waals surface area contributed by atoms with Crippen molar-refractivity contribution in [2.45, 2.75) is 12.6 Å². The first-order valence-corrected chi connectivity index (χ1v) is 6.34. The summed E-state index contributed by atoms with van der Waals surface area (Å²) in [6.07, 6.45) is 2.91. The van der Waals surface area contributed by atoms with Gasteiger partial charge >= 0.3 is 12.0 Å². The Balaban J connectivity index is 1.48. The van der Waals surface area contributed by atoms with E-state index in [0.717, 1.165) is 0 Å². The minimum absolute atomic E-state index is 0.0417. The van der Waals surface area contributed by atoms with Gasteiger partial charge in [0, 0.05) is 13.1 Å². The number of carbonyl (C=O) groups excluding carboxylic acids is 1. The molecule has 2 aromatic heterocycles. The van der Waals surface area contributed by atoms with Gasteiger partial charge in [0.25, 0.3) is 0 Å². The summed E-state index contributed by atoms with van der Waals surface area (Å²) in [4.78, 5) is 24.2. The topological polar surface area (TPSA) is 113 Å². The van der Waals surface area contributed by atoms with Crippen molar-refractivity contribution in [3.63, 3.8) is 0 Å². The Hall–Kier alpha value is -2.84. The van der Waals surface area contributed by atoms with Gasteiger partial charge in [0.15, 0.2) is 5.69 Å². The molecule has 9 nitrogen and oxygen atoms in total. The van der Waals surface area contributed by atoms with Crippen molar-refractivity contribution in [2.24, 2.45) is 0 Å². The Morgan fingerprint density at radius 3 is 2.90 bits per heavy atom. The number of furan rings is 1. The molecule has 9 heteroatoms. The van der Waals surface area contributed by atoms with Crippen molar-refractivity contribution < 1.29 is 19.1 Å². The third kappa shape index (κ3) is 2.71. The quantitative estimate of drug-likeness (QED) is 0.839. The molecule has 21 heavy (non-hydrogen) atoms. The van der Waals surface area contributed by atoms with Crippen LogP contribution in [0.15, 0.2) is 29.0 Å². The maximum absolute atomic E-state index is 11.8. The minimum atomic E-state index is -1.12. The minimum Gasteiger partial charge on any atom is -0.476 e. The molecule has 1 saturated heterocycles. The molecule has 1 aliphatic rings. The summed E-state index contributed by atoms with van der Waals surface area (Å²) in [6.45, 7) is 1.26. The zero-order valence-corrected chi connectivity index (χ0v) is 11.0. The number of likely N-dealkylation sites (tertiary alicyclic amines) is 1. The van der Waals surface area contributed by atoms with Crippen LogP contribution in [-0.4, -0.2) is 50.1 Å². The number of aromatic nitrogens is 3. The summed E-state index contributed by atoms with van der Waals surface area (Å²) in [5, 5.41) is 18.8. The Bertz CT molecular complexity index is 644. The van der Waals surface area contributed by atoms with Crippen LogP contribution >= 0.6 is 0 Å². The predicted molar refractivity (Wildman–Crippen MR) is 68.5 cm³/mol. The van der Waals surface area contributed by atoms with Crippen LogP contribution in [0.1, 0.15) is 22.3 Å². The van der Waals surface area contributed by atoms with Crippen LogP contribution in [0.3, 0.4) is 0 Å². The Kier molecular flexibility index (Phi) is 3.30. The molecule has 2 aromatic rings. The van der Waals surface area contributed by atoms with Gasteiger partial charge < -0.3 is 19.7 Å². The Labute approximate surface area is 119 Å². The van der Waals surface area contributed by atoms with Crippen molar-refractivity contribution in [1.29, 1.82) is 0 Å². The second kappa shape index (κ2) is 5.27. The van der Waals surface area contributed by atoms with E-state index < -0.39 is 5.97 Å². The summed E-state index contributed by atoms with van der Waals surface area (Å²) >= 11 is 0. The molecule has 0 saturated carbocycles. The van der Waals surface area contributed by atoms with Crippen LogP contribution in [0.25, 0.3) is 0 Å². The zero-order valence-electron chi connectivity index (χ0n) is 11.0. The summed E-state index contributed by atoms with van der Waals surface area (Å²) in [5.41, 5.74) is -0.101. The number of carbonyl (C=O) groups is 2. The number of hydrogen-bond acceptors (Lipinski definition) is 5. The molecule has 0 aliphatic carbocycles. The van der Waals surface area contributed by atoms with Crippen LogP contribution in [0, 0.1) is 0 Å². The van der Waals surface area contributed by atoms with Crippen molar-refractivity contribution in [3.05, 3.63) is 36.0 Å². The highest BCUT2D eigenvalue weighted by Crippen LogP contribution is 2.20. The van der Waals surface area contributed by atoms with E-state index in [1.54, 1.807) is 23.3 Å². The molecule has 1 aliphatic heterocycles. The molecule has 3 rings (SSSR count). The van der Waals surface area contributed by atoms with Crippen LogP contribution in [0.5, 0.6) is 0 Å². The highest BCUT2D eigenvalue weighted by Gasteiger charge is 2.33. The fourth-order valence-corrected chi connectivity index (χ4v) is 2.03. The zero-order chi connectivity index (χ0) is 14.8. The van der Waals surface area contributed by atoms with Crippen LogP contribution < -0.4 is 5.32 Å². The van der Waals surface area contributed by atoms with Crippen molar-refractivity contribution in [2.75, 3.05) is 13.1 Å². The monoisotopic (exact) mass is 291 g/mol. The van der Waals surface area contributed by atoms with E-state index in [4.69, 9.17) is 9.52 Å². The highest BCUT2D eigenvalue weighted by molar-refractivity contribution is 5.84. The number of aromatic carboxylic acids is 1. The molecule has 2 amide bonds. The van der Waals surface area contributed by atoms with Crippen LogP contribution in [0.4, 0.5) is 4.79 Å². The molecule has 1 fully saturated rings. The SMILES string of the molecule is O=C(O)c1cn(C2CN(C(=O)NCc3ccco3)C2)nn1. The molecule has 0 radical (unpaired) electrons. The molecular formula is C12H13N5O4. The Morgan fingerprint density at radius 2 is 2.29 bits per heavy atom. The molecule has 0 aromatic carbocycles. The number of hydrogen-bond donors (Lipinski definition) is 2. The van der Waals surface area contributed by atoms with Gasteiger partial charge in [-0.25, -0.2) is 14.3 Å². The lowest BCUT2D eigenvalue weighted by Gasteiger charge is -2.38. The second-order valence-electron chi connectivity index (χ2n) is 4.69. The number of carboxylic acid groups (broad SMARTS) is 1. The van der Waals surface area contributed by atoms with Crippen molar-refractivity contribution >= 4 is 12.0 Å². The van der Waals surface area contributed by atoms with Gasteiger partial charge in [-0.05, 0) is 12.1 Å². The van der Waals surface area contributed by atoms with Gasteiger partial charge in [0.2, 0.25) is 0 Å². The maximum Gasteiger partial charge on any atom is 0.358 e. The number of amides is 2. The standard InChI is InChI=1S/C12H13N5O4/c18-11(19)10-7-17(15-14-10)8-5-16(6-8)12(20)13-4-9-2-1-3-21-9/h1-3,7-8H,4-6H2,(H,13,20)(H,18,19). The summed E-state index contributed by atoms with van der Waals surface area (Å²) in [5.74, 6) is -0.434. The number of carboxylic acids is 1. The normalized spacial score (nSPS) is 14.8. The van der Waals surface area contributed by atoms with Gasteiger partial charge in [-0.3, -0.25) is 0 Å². The summed E-state index contributed by atoms with van der Waals surface area (Å²) in [7, 11) is 0. The summed E-state index contributed by atoms with van der Waals surface area (Å²) in [6, 6.07) is 3.30. The fraction of sp³-hybridized carbons (Fsp3) is 0.333. The number of rotatable bonds is 4.